The minimum absolute atomic E-state index is 0.0351. The van der Waals surface area contributed by atoms with Crippen molar-refractivity contribution >= 4 is 5.91 Å². The van der Waals surface area contributed by atoms with E-state index in [1.807, 2.05) is 6.92 Å². The Labute approximate surface area is 86.6 Å². The van der Waals surface area contributed by atoms with Gasteiger partial charge in [-0.25, -0.2) is 0 Å². The second-order valence-corrected chi connectivity index (χ2v) is 3.79. The lowest BCUT2D eigenvalue weighted by Crippen LogP contribution is -2.32. The molecular formula is C11H20N2O. The third-order valence-electron chi connectivity index (χ3n) is 1.76. The van der Waals surface area contributed by atoms with Crippen LogP contribution in [0.25, 0.3) is 0 Å². The number of rotatable bonds is 6. The Kier molecular flexibility index (Phi) is 6.87. The average molecular weight is 196 g/mol. The van der Waals surface area contributed by atoms with E-state index in [4.69, 9.17) is 6.42 Å². The van der Waals surface area contributed by atoms with Gasteiger partial charge >= 0.3 is 0 Å². The summed E-state index contributed by atoms with van der Waals surface area (Å²) in [7, 11) is 0. The molecule has 1 unspecified atom stereocenters. The lowest BCUT2D eigenvalue weighted by Gasteiger charge is -2.09. The molecule has 3 nitrogen and oxygen atoms in total. The number of carbonyl (C=O) groups is 1. The fraction of sp³-hybridized carbons (Fsp3) is 0.727. The Hall–Kier alpha value is -1.01. The Morgan fingerprint density at radius 3 is 2.57 bits per heavy atom. The number of nitrogens with one attached hydrogen (secondary N) is 2. The quantitative estimate of drug-likeness (QED) is 0.616. The lowest BCUT2D eigenvalue weighted by atomic mass is 10.2. The summed E-state index contributed by atoms with van der Waals surface area (Å²) in [6, 6.07) is 0.0351. The lowest BCUT2D eigenvalue weighted by molar-refractivity contribution is -0.121. The average Bonchev–Trinajstić information content (AvgIpc) is 2.14. The van der Waals surface area contributed by atoms with E-state index < -0.39 is 0 Å². The van der Waals surface area contributed by atoms with Crippen molar-refractivity contribution < 1.29 is 4.79 Å². The monoisotopic (exact) mass is 196 g/mol. The summed E-state index contributed by atoms with van der Waals surface area (Å²) in [6.07, 6.45) is 5.66. The van der Waals surface area contributed by atoms with Crippen molar-refractivity contribution in [3.05, 3.63) is 0 Å². The van der Waals surface area contributed by atoms with Crippen LogP contribution in [-0.2, 0) is 4.79 Å². The number of amides is 1. The van der Waals surface area contributed by atoms with Crippen LogP contribution in [0.5, 0.6) is 0 Å². The van der Waals surface area contributed by atoms with Gasteiger partial charge in [0.25, 0.3) is 0 Å². The largest absolute Gasteiger partial charge is 0.356 e. The van der Waals surface area contributed by atoms with E-state index in [-0.39, 0.29) is 11.9 Å². The molecule has 1 amide bonds. The topological polar surface area (TPSA) is 41.1 Å². The highest BCUT2D eigenvalue weighted by molar-refractivity contribution is 5.76. The van der Waals surface area contributed by atoms with E-state index in [1.165, 1.54) is 0 Å². The molecule has 0 rings (SSSR count). The van der Waals surface area contributed by atoms with Crippen molar-refractivity contribution in [2.75, 3.05) is 13.1 Å². The zero-order chi connectivity index (χ0) is 11.0. The predicted molar refractivity (Wildman–Crippen MR) is 58.8 cm³/mol. The zero-order valence-electron chi connectivity index (χ0n) is 9.26. The molecular weight excluding hydrogens is 176 g/mol. The molecule has 0 aliphatic heterocycles. The van der Waals surface area contributed by atoms with Crippen molar-refractivity contribution in [1.29, 1.82) is 0 Å². The van der Waals surface area contributed by atoms with Crippen molar-refractivity contribution in [3.8, 4) is 12.3 Å². The summed E-state index contributed by atoms with van der Waals surface area (Å²) in [5.41, 5.74) is 0. The van der Waals surface area contributed by atoms with E-state index in [0.717, 1.165) is 6.54 Å². The van der Waals surface area contributed by atoms with Crippen molar-refractivity contribution in [3.63, 3.8) is 0 Å². The minimum Gasteiger partial charge on any atom is -0.356 e. The second kappa shape index (κ2) is 7.40. The molecule has 14 heavy (non-hydrogen) atoms. The van der Waals surface area contributed by atoms with Crippen LogP contribution in [0.1, 0.15) is 27.2 Å². The number of terminal acetylenes is 1. The first kappa shape index (κ1) is 13.0. The van der Waals surface area contributed by atoms with E-state index in [2.05, 4.69) is 30.4 Å². The molecule has 0 bridgehead atoms. The van der Waals surface area contributed by atoms with Crippen molar-refractivity contribution in [1.82, 2.24) is 10.6 Å². The van der Waals surface area contributed by atoms with Gasteiger partial charge in [-0.3, -0.25) is 4.79 Å². The first-order chi connectivity index (χ1) is 6.56. The summed E-state index contributed by atoms with van der Waals surface area (Å²) in [5.74, 6) is 3.12. The molecule has 0 aliphatic carbocycles. The Morgan fingerprint density at radius 2 is 2.07 bits per heavy atom. The van der Waals surface area contributed by atoms with Crippen molar-refractivity contribution in [2.24, 2.45) is 5.92 Å². The van der Waals surface area contributed by atoms with Crippen LogP contribution < -0.4 is 10.6 Å². The summed E-state index contributed by atoms with van der Waals surface area (Å²) >= 11 is 0. The summed E-state index contributed by atoms with van der Waals surface area (Å²) in [4.78, 5) is 11.2. The molecule has 0 aromatic carbocycles. The van der Waals surface area contributed by atoms with E-state index in [9.17, 15) is 4.79 Å². The third-order valence-corrected chi connectivity index (χ3v) is 1.76. The Balaban J connectivity index is 3.41. The Morgan fingerprint density at radius 1 is 1.43 bits per heavy atom. The minimum atomic E-state index is 0.0351. The molecule has 0 aromatic heterocycles. The highest BCUT2D eigenvalue weighted by Crippen LogP contribution is 1.88. The summed E-state index contributed by atoms with van der Waals surface area (Å²) in [5, 5.41) is 5.90. The van der Waals surface area contributed by atoms with Gasteiger partial charge in [-0.15, -0.1) is 6.42 Å². The Bertz CT molecular complexity index is 206. The highest BCUT2D eigenvalue weighted by atomic mass is 16.1. The molecule has 80 valence electrons. The van der Waals surface area contributed by atoms with Crippen LogP contribution in [0.2, 0.25) is 0 Å². The molecule has 0 heterocycles. The van der Waals surface area contributed by atoms with Crippen molar-refractivity contribution in [2.45, 2.75) is 33.2 Å². The van der Waals surface area contributed by atoms with Gasteiger partial charge in [-0.2, -0.15) is 0 Å². The van der Waals surface area contributed by atoms with Crippen LogP contribution in [0.15, 0.2) is 0 Å². The fourth-order valence-corrected chi connectivity index (χ4v) is 0.867. The van der Waals surface area contributed by atoms with Gasteiger partial charge in [0, 0.05) is 19.5 Å². The van der Waals surface area contributed by atoms with Gasteiger partial charge in [0.2, 0.25) is 5.91 Å². The zero-order valence-corrected chi connectivity index (χ0v) is 9.26. The molecule has 0 aromatic rings. The molecule has 0 saturated carbocycles. The predicted octanol–water partition coefficient (Wildman–Crippen LogP) is 0.760. The second-order valence-electron chi connectivity index (χ2n) is 3.79. The molecule has 0 saturated heterocycles. The first-order valence-electron chi connectivity index (χ1n) is 5.02. The normalized spacial score (nSPS) is 12.2. The molecule has 0 aliphatic rings. The van der Waals surface area contributed by atoms with E-state index in [0.29, 0.717) is 18.9 Å². The fourth-order valence-electron chi connectivity index (χ4n) is 0.867. The first-order valence-corrected chi connectivity index (χ1v) is 5.02. The van der Waals surface area contributed by atoms with Crippen LogP contribution in [0.4, 0.5) is 0 Å². The van der Waals surface area contributed by atoms with E-state index in [1.54, 1.807) is 0 Å². The summed E-state index contributed by atoms with van der Waals surface area (Å²) < 4.78 is 0. The van der Waals surface area contributed by atoms with Crippen LogP contribution in [-0.4, -0.2) is 25.0 Å². The standard InChI is InChI=1S/C11H20N2O/c1-5-10(4)12-7-6-11(14)13-8-9(2)3/h1,9-10,12H,6-8H2,2-4H3,(H,13,14). The smallest absolute Gasteiger partial charge is 0.221 e. The van der Waals surface area contributed by atoms with Gasteiger partial charge in [-0.05, 0) is 12.8 Å². The SMILES string of the molecule is C#CC(C)NCCC(=O)NCC(C)C. The van der Waals surface area contributed by atoms with Crippen LogP contribution >= 0.6 is 0 Å². The molecule has 0 fully saturated rings. The molecule has 1 atom stereocenters. The summed E-state index contributed by atoms with van der Waals surface area (Å²) in [6.45, 7) is 7.41. The third kappa shape index (κ3) is 7.63. The number of hydrogen-bond acceptors (Lipinski definition) is 2. The maximum atomic E-state index is 11.2. The molecule has 0 radical (unpaired) electrons. The van der Waals surface area contributed by atoms with Gasteiger partial charge in [0.15, 0.2) is 0 Å². The van der Waals surface area contributed by atoms with Crippen LogP contribution in [0, 0.1) is 18.3 Å². The number of carbonyl (C=O) groups excluding carboxylic acids is 1. The van der Waals surface area contributed by atoms with Gasteiger partial charge < -0.3 is 10.6 Å². The van der Waals surface area contributed by atoms with Gasteiger partial charge in [0.05, 0.1) is 6.04 Å². The molecule has 3 heteroatoms. The van der Waals surface area contributed by atoms with E-state index >= 15 is 0 Å². The number of hydrogen-bond donors (Lipinski definition) is 2. The van der Waals surface area contributed by atoms with Gasteiger partial charge in [-0.1, -0.05) is 19.8 Å². The molecule has 2 N–H and O–H groups in total. The van der Waals surface area contributed by atoms with Crippen LogP contribution in [0.3, 0.4) is 0 Å². The van der Waals surface area contributed by atoms with Gasteiger partial charge in [0.1, 0.15) is 0 Å². The maximum Gasteiger partial charge on any atom is 0.221 e. The maximum absolute atomic E-state index is 11.2. The highest BCUT2D eigenvalue weighted by Gasteiger charge is 2.02. The molecule has 0 spiro atoms.